The molecule has 0 heterocycles. The Kier molecular flexibility index (Phi) is 1.69. The molecule has 0 aromatic heterocycles. The maximum atomic E-state index is 8.45. The summed E-state index contributed by atoms with van der Waals surface area (Å²) >= 11 is 0. The van der Waals surface area contributed by atoms with Gasteiger partial charge in [-0.05, 0) is 13.3 Å². The lowest BCUT2D eigenvalue weighted by atomic mass is 9.99. The highest BCUT2D eigenvalue weighted by atomic mass is 14.3. The molecule has 0 unspecified atom stereocenters. The molecule has 1 heteroatoms. The summed E-state index contributed by atoms with van der Waals surface area (Å²) in [6, 6.07) is 2.19. The zero-order chi connectivity index (χ0) is 6.69. The maximum absolute atomic E-state index is 8.45. The van der Waals surface area contributed by atoms with Crippen LogP contribution in [0.15, 0.2) is 23.8 Å². The van der Waals surface area contributed by atoms with Crippen molar-refractivity contribution in [2.75, 3.05) is 0 Å². The molecule has 0 aliphatic heterocycles. The van der Waals surface area contributed by atoms with E-state index in [0.717, 1.165) is 6.42 Å². The fraction of sp³-hybridized carbons (Fsp3) is 0.375. The van der Waals surface area contributed by atoms with Crippen molar-refractivity contribution >= 4 is 0 Å². The standard InChI is InChI=1S/C8H9N/c1-7-2-4-8(6-9)5-3-7/h2-4,8H,5H2,1H3/t8-/m1/s1. The topological polar surface area (TPSA) is 23.8 Å². The van der Waals surface area contributed by atoms with Gasteiger partial charge < -0.3 is 0 Å². The molecule has 0 saturated carbocycles. The summed E-state index contributed by atoms with van der Waals surface area (Å²) in [6.45, 7) is 2.05. The Morgan fingerprint density at radius 2 is 2.56 bits per heavy atom. The predicted molar refractivity (Wildman–Crippen MR) is 36.6 cm³/mol. The summed E-state index contributed by atoms with van der Waals surface area (Å²) in [5.41, 5.74) is 1.27. The van der Waals surface area contributed by atoms with Gasteiger partial charge in [0, 0.05) is 0 Å². The molecular weight excluding hydrogens is 110 g/mol. The molecule has 1 atom stereocenters. The summed E-state index contributed by atoms with van der Waals surface area (Å²) < 4.78 is 0. The van der Waals surface area contributed by atoms with Crippen molar-refractivity contribution in [1.29, 1.82) is 5.26 Å². The molecule has 0 aromatic carbocycles. The molecule has 0 aromatic rings. The monoisotopic (exact) mass is 119 g/mol. The molecule has 0 fully saturated rings. The third-order valence-electron chi connectivity index (χ3n) is 1.45. The van der Waals surface area contributed by atoms with Crippen LogP contribution in [0.1, 0.15) is 13.3 Å². The van der Waals surface area contributed by atoms with Crippen molar-refractivity contribution < 1.29 is 0 Å². The SMILES string of the molecule is CC1=CC[C@H](C#N)C=C1. The van der Waals surface area contributed by atoms with E-state index < -0.39 is 0 Å². The van der Waals surface area contributed by atoms with Gasteiger partial charge in [-0.1, -0.05) is 23.8 Å². The number of allylic oxidation sites excluding steroid dienone is 4. The molecule has 0 saturated heterocycles. The van der Waals surface area contributed by atoms with E-state index in [0.29, 0.717) is 0 Å². The largest absolute Gasteiger partial charge is 0.198 e. The van der Waals surface area contributed by atoms with Crippen LogP contribution in [0, 0.1) is 17.2 Å². The molecule has 9 heavy (non-hydrogen) atoms. The minimum atomic E-state index is 0.119. The lowest BCUT2D eigenvalue weighted by molar-refractivity contribution is 0.829. The number of hydrogen-bond donors (Lipinski definition) is 0. The predicted octanol–water partition coefficient (Wildman–Crippen LogP) is 2.03. The number of hydrogen-bond acceptors (Lipinski definition) is 1. The summed E-state index contributed by atoms with van der Waals surface area (Å²) in [7, 11) is 0. The molecule has 1 rings (SSSR count). The second-order valence-corrected chi connectivity index (χ2v) is 2.28. The smallest absolute Gasteiger partial charge is 0.0700 e. The first-order valence-electron chi connectivity index (χ1n) is 3.07. The van der Waals surface area contributed by atoms with Crippen LogP contribution in [0.3, 0.4) is 0 Å². The molecule has 1 aliphatic carbocycles. The van der Waals surface area contributed by atoms with E-state index in [2.05, 4.69) is 12.1 Å². The van der Waals surface area contributed by atoms with Crippen LogP contribution in [-0.4, -0.2) is 0 Å². The zero-order valence-electron chi connectivity index (χ0n) is 5.46. The molecule has 0 bridgehead atoms. The van der Waals surface area contributed by atoms with Crippen molar-refractivity contribution in [2.45, 2.75) is 13.3 Å². The maximum Gasteiger partial charge on any atom is 0.0700 e. The Labute approximate surface area is 55.3 Å². The van der Waals surface area contributed by atoms with Crippen molar-refractivity contribution in [3.05, 3.63) is 23.8 Å². The fourth-order valence-electron chi connectivity index (χ4n) is 0.823. The molecular formula is C8H9N. The number of nitriles is 1. The Balaban J connectivity index is 2.61. The third kappa shape index (κ3) is 1.43. The Morgan fingerprint density at radius 1 is 1.78 bits per heavy atom. The van der Waals surface area contributed by atoms with E-state index in [1.54, 1.807) is 0 Å². The fourth-order valence-corrected chi connectivity index (χ4v) is 0.823. The third-order valence-corrected chi connectivity index (χ3v) is 1.45. The molecule has 1 aliphatic rings. The Morgan fingerprint density at radius 3 is 3.00 bits per heavy atom. The summed E-state index contributed by atoms with van der Waals surface area (Å²) in [4.78, 5) is 0. The van der Waals surface area contributed by atoms with Gasteiger partial charge in [0.25, 0.3) is 0 Å². The van der Waals surface area contributed by atoms with E-state index in [1.807, 2.05) is 19.1 Å². The molecule has 0 radical (unpaired) electrons. The first-order chi connectivity index (χ1) is 4.33. The lowest BCUT2D eigenvalue weighted by Crippen LogP contribution is -1.93. The van der Waals surface area contributed by atoms with Crippen LogP contribution >= 0.6 is 0 Å². The van der Waals surface area contributed by atoms with Gasteiger partial charge in [0.15, 0.2) is 0 Å². The number of nitrogens with zero attached hydrogens (tertiary/aromatic N) is 1. The highest BCUT2D eigenvalue weighted by Gasteiger charge is 2.03. The number of rotatable bonds is 0. The van der Waals surface area contributed by atoms with Crippen LogP contribution in [0.4, 0.5) is 0 Å². The van der Waals surface area contributed by atoms with Gasteiger partial charge in [0.1, 0.15) is 0 Å². The van der Waals surface area contributed by atoms with Crippen molar-refractivity contribution in [2.24, 2.45) is 5.92 Å². The van der Waals surface area contributed by atoms with E-state index in [4.69, 9.17) is 5.26 Å². The summed E-state index contributed by atoms with van der Waals surface area (Å²) in [5, 5.41) is 8.45. The Hall–Kier alpha value is -1.03. The van der Waals surface area contributed by atoms with Crippen LogP contribution in [0.2, 0.25) is 0 Å². The molecule has 46 valence electrons. The highest BCUT2D eigenvalue weighted by Crippen LogP contribution is 2.14. The van der Waals surface area contributed by atoms with Gasteiger partial charge in [-0.25, -0.2) is 0 Å². The quantitative estimate of drug-likeness (QED) is 0.478. The van der Waals surface area contributed by atoms with Crippen LogP contribution < -0.4 is 0 Å². The minimum Gasteiger partial charge on any atom is -0.198 e. The van der Waals surface area contributed by atoms with Crippen LogP contribution in [-0.2, 0) is 0 Å². The molecule has 0 spiro atoms. The van der Waals surface area contributed by atoms with Crippen molar-refractivity contribution in [3.63, 3.8) is 0 Å². The normalized spacial score (nSPS) is 24.9. The lowest BCUT2D eigenvalue weighted by Gasteiger charge is -2.04. The first kappa shape index (κ1) is 6.10. The van der Waals surface area contributed by atoms with E-state index >= 15 is 0 Å². The van der Waals surface area contributed by atoms with Crippen molar-refractivity contribution in [3.8, 4) is 6.07 Å². The molecule has 0 N–H and O–H groups in total. The molecule has 1 nitrogen and oxygen atoms in total. The van der Waals surface area contributed by atoms with E-state index in [1.165, 1.54) is 5.57 Å². The van der Waals surface area contributed by atoms with Crippen LogP contribution in [0.25, 0.3) is 0 Å². The average molecular weight is 119 g/mol. The van der Waals surface area contributed by atoms with Gasteiger partial charge in [0.2, 0.25) is 0 Å². The summed E-state index contributed by atoms with van der Waals surface area (Å²) in [5.74, 6) is 0.119. The first-order valence-corrected chi connectivity index (χ1v) is 3.07. The van der Waals surface area contributed by atoms with Gasteiger partial charge in [-0.2, -0.15) is 5.26 Å². The van der Waals surface area contributed by atoms with E-state index in [-0.39, 0.29) is 5.92 Å². The Bertz CT molecular complexity index is 193. The van der Waals surface area contributed by atoms with Gasteiger partial charge in [0.05, 0.1) is 12.0 Å². The zero-order valence-corrected chi connectivity index (χ0v) is 5.46. The average Bonchev–Trinajstić information content (AvgIpc) is 1.90. The van der Waals surface area contributed by atoms with Gasteiger partial charge in [-0.15, -0.1) is 0 Å². The summed E-state index contributed by atoms with van der Waals surface area (Å²) in [6.07, 6.45) is 6.93. The highest BCUT2D eigenvalue weighted by molar-refractivity contribution is 5.23. The van der Waals surface area contributed by atoms with Gasteiger partial charge >= 0.3 is 0 Å². The van der Waals surface area contributed by atoms with Crippen LogP contribution in [0.5, 0.6) is 0 Å². The van der Waals surface area contributed by atoms with E-state index in [9.17, 15) is 0 Å². The molecule has 0 amide bonds. The second-order valence-electron chi connectivity index (χ2n) is 2.28. The van der Waals surface area contributed by atoms with Crippen molar-refractivity contribution in [1.82, 2.24) is 0 Å². The minimum absolute atomic E-state index is 0.119. The van der Waals surface area contributed by atoms with Gasteiger partial charge in [-0.3, -0.25) is 0 Å². The second kappa shape index (κ2) is 2.50.